The molecular weight excluding hydrogens is 368 g/mol. The number of halogens is 1. The van der Waals surface area contributed by atoms with Crippen LogP contribution in [-0.4, -0.2) is 24.9 Å². The van der Waals surface area contributed by atoms with Crippen molar-refractivity contribution in [1.82, 2.24) is 5.32 Å². The number of hydrogen-bond acceptors (Lipinski definition) is 2. The highest BCUT2D eigenvalue weighted by Gasteiger charge is 2.15. The molecule has 0 aliphatic carbocycles. The lowest BCUT2D eigenvalue weighted by molar-refractivity contribution is -0.123. The topological polar surface area (TPSA) is 49.4 Å². The predicted molar refractivity (Wildman–Crippen MR) is 99.9 cm³/mol. The lowest BCUT2D eigenvalue weighted by atomic mass is 10.1. The third-order valence-electron chi connectivity index (χ3n) is 3.61. The van der Waals surface area contributed by atoms with Gasteiger partial charge in [-0.2, -0.15) is 0 Å². The number of benzene rings is 2. The lowest BCUT2D eigenvalue weighted by Gasteiger charge is -2.21. The molecule has 126 valence electrons. The molecule has 0 aliphatic rings. The van der Waals surface area contributed by atoms with Gasteiger partial charge in [-0.15, -0.1) is 0 Å². The summed E-state index contributed by atoms with van der Waals surface area (Å²) in [5.41, 5.74) is 1.96. The van der Waals surface area contributed by atoms with Crippen LogP contribution < -0.4 is 10.2 Å². The largest absolute Gasteiger partial charge is 0.355 e. The number of nitrogens with zero attached hydrogens (tertiary/aromatic N) is 1. The third-order valence-corrected chi connectivity index (χ3v) is 4.10. The normalized spacial score (nSPS) is 10.2. The van der Waals surface area contributed by atoms with Crippen LogP contribution in [-0.2, 0) is 16.0 Å². The second-order valence-corrected chi connectivity index (χ2v) is 6.44. The van der Waals surface area contributed by atoms with Gasteiger partial charge >= 0.3 is 0 Å². The standard InChI is InChI=1S/C19H21BrN2O2/c1-15(23)22(18-11-5-10-17(20)13-18)14-19(24)21-12-6-9-16-7-3-2-4-8-16/h2-5,7-8,10-11,13H,6,9,12,14H2,1H3,(H,21,24). The highest BCUT2D eigenvalue weighted by atomic mass is 79.9. The summed E-state index contributed by atoms with van der Waals surface area (Å²) in [5, 5.41) is 2.88. The molecule has 0 radical (unpaired) electrons. The second-order valence-electron chi connectivity index (χ2n) is 5.52. The molecule has 2 amide bonds. The molecule has 2 aromatic rings. The highest BCUT2D eigenvalue weighted by Crippen LogP contribution is 2.19. The fourth-order valence-electron chi connectivity index (χ4n) is 2.39. The van der Waals surface area contributed by atoms with Crippen molar-refractivity contribution in [2.45, 2.75) is 19.8 Å². The maximum Gasteiger partial charge on any atom is 0.240 e. The first-order chi connectivity index (χ1) is 11.6. The molecule has 0 aromatic heterocycles. The second kappa shape index (κ2) is 9.23. The summed E-state index contributed by atoms with van der Waals surface area (Å²) >= 11 is 3.38. The van der Waals surface area contributed by atoms with Crippen molar-refractivity contribution in [3.63, 3.8) is 0 Å². The van der Waals surface area contributed by atoms with Crippen molar-refractivity contribution in [2.75, 3.05) is 18.0 Å². The number of hydrogen-bond donors (Lipinski definition) is 1. The van der Waals surface area contributed by atoms with Crippen LogP contribution in [0.15, 0.2) is 59.1 Å². The molecule has 0 unspecified atom stereocenters. The number of nitrogens with one attached hydrogen (secondary N) is 1. The van der Waals surface area contributed by atoms with Gasteiger partial charge in [0.2, 0.25) is 11.8 Å². The summed E-state index contributed by atoms with van der Waals surface area (Å²) in [6, 6.07) is 17.5. The van der Waals surface area contributed by atoms with E-state index in [1.807, 2.05) is 42.5 Å². The molecule has 2 aromatic carbocycles. The van der Waals surface area contributed by atoms with Crippen molar-refractivity contribution < 1.29 is 9.59 Å². The maximum absolute atomic E-state index is 12.1. The van der Waals surface area contributed by atoms with Crippen LogP contribution in [0.4, 0.5) is 5.69 Å². The Morgan fingerprint density at radius 3 is 2.50 bits per heavy atom. The van der Waals surface area contributed by atoms with E-state index in [1.165, 1.54) is 17.4 Å². The Morgan fingerprint density at radius 1 is 1.08 bits per heavy atom. The van der Waals surface area contributed by atoms with Crippen molar-refractivity contribution in [3.8, 4) is 0 Å². The van der Waals surface area contributed by atoms with E-state index in [0.717, 1.165) is 17.3 Å². The molecule has 5 heteroatoms. The van der Waals surface area contributed by atoms with Crippen LogP contribution in [0.3, 0.4) is 0 Å². The van der Waals surface area contributed by atoms with Gasteiger partial charge in [-0.05, 0) is 36.6 Å². The third kappa shape index (κ3) is 5.81. The van der Waals surface area contributed by atoms with Gasteiger partial charge in [0.25, 0.3) is 0 Å². The van der Waals surface area contributed by atoms with E-state index in [1.54, 1.807) is 0 Å². The predicted octanol–water partition coefficient (Wildman–Crippen LogP) is 3.55. The molecule has 0 heterocycles. The fraction of sp³-hybridized carbons (Fsp3) is 0.263. The summed E-state index contributed by atoms with van der Waals surface area (Å²) in [4.78, 5) is 25.4. The van der Waals surface area contributed by atoms with Crippen LogP contribution in [0, 0.1) is 0 Å². The van der Waals surface area contributed by atoms with E-state index in [0.29, 0.717) is 12.2 Å². The minimum absolute atomic E-state index is 0.0249. The van der Waals surface area contributed by atoms with Crippen LogP contribution in [0.5, 0.6) is 0 Å². The average molecular weight is 389 g/mol. The van der Waals surface area contributed by atoms with Crippen LogP contribution >= 0.6 is 15.9 Å². The van der Waals surface area contributed by atoms with Crippen molar-refractivity contribution >= 4 is 33.4 Å². The number of anilines is 1. The van der Waals surface area contributed by atoms with Gasteiger partial charge in [-0.3, -0.25) is 9.59 Å². The number of carbonyl (C=O) groups is 2. The first kappa shape index (κ1) is 18.2. The summed E-state index contributed by atoms with van der Waals surface area (Å²) in [5.74, 6) is -0.314. The van der Waals surface area contributed by atoms with Crippen molar-refractivity contribution in [2.24, 2.45) is 0 Å². The SMILES string of the molecule is CC(=O)N(CC(=O)NCCCc1ccccc1)c1cccc(Br)c1. The molecule has 0 aliphatic heterocycles. The van der Waals surface area contributed by atoms with Gasteiger partial charge in [-0.1, -0.05) is 52.3 Å². The van der Waals surface area contributed by atoms with Crippen LogP contribution in [0.1, 0.15) is 18.9 Å². The molecule has 1 N–H and O–H groups in total. The lowest BCUT2D eigenvalue weighted by Crippen LogP contribution is -2.40. The Bertz CT molecular complexity index is 689. The van der Waals surface area contributed by atoms with E-state index >= 15 is 0 Å². The molecule has 2 rings (SSSR count). The Balaban J connectivity index is 1.82. The van der Waals surface area contributed by atoms with E-state index in [-0.39, 0.29) is 18.4 Å². The zero-order valence-corrected chi connectivity index (χ0v) is 15.3. The number of carbonyl (C=O) groups excluding carboxylic acids is 2. The highest BCUT2D eigenvalue weighted by molar-refractivity contribution is 9.10. The monoisotopic (exact) mass is 388 g/mol. The number of aryl methyl sites for hydroxylation is 1. The first-order valence-electron chi connectivity index (χ1n) is 7.90. The summed E-state index contributed by atoms with van der Waals surface area (Å²) in [7, 11) is 0. The van der Waals surface area contributed by atoms with Gasteiger partial charge in [0.1, 0.15) is 6.54 Å². The van der Waals surface area contributed by atoms with Gasteiger partial charge in [0.15, 0.2) is 0 Å². The van der Waals surface area contributed by atoms with E-state index in [4.69, 9.17) is 0 Å². The average Bonchev–Trinajstić information content (AvgIpc) is 2.57. The molecular formula is C19H21BrN2O2. The Morgan fingerprint density at radius 2 is 1.83 bits per heavy atom. The maximum atomic E-state index is 12.1. The molecule has 0 spiro atoms. The molecule has 0 fully saturated rings. The van der Waals surface area contributed by atoms with Gasteiger partial charge < -0.3 is 10.2 Å². The Labute approximate surface area is 151 Å². The van der Waals surface area contributed by atoms with Gasteiger partial charge in [0, 0.05) is 23.6 Å². The minimum Gasteiger partial charge on any atom is -0.355 e. The zero-order valence-electron chi connectivity index (χ0n) is 13.7. The molecule has 4 nitrogen and oxygen atoms in total. The van der Waals surface area contributed by atoms with E-state index in [9.17, 15) is 9.59 Å². The van der Waals surface area contributed by atoms with Crippen molar-refractivity contribution in [1.29, 1.82) is 0 Å². The Kier molecular flexibility index (Phi) is 7.00. The summed E-state index contributed by atoms with van der Waals surface area (Å²) < 4.78 is 0.870. The molecule has 24 heavy (non-hydrogen) atoms. The Hall–Kier alpha value is -2.14. The minimum atomic E-state index is -0.160. The molecule has 0 saturated carbocycles. The van der Waals surface area contributed by atoms with Crippen LogP contribution in [0.2, 0.25) is 0 Å². The molecule has 0 bridgehead atoms. The van der Waals surface area contributed by atoms with E-state index in [2.05, 4.69) is 33.4 Å². The summed E-state index contributed by atoms with van der Waals surface area (Å²) in [6.45, 7) is 2.08. The summed E-state index contributed by atoms with van der Waals surface area (Å²) in [6.07, 6.45) is 1.79. The molecule has 0 saturated heterocycles. The van der Waals surface area contributed by atoms with Crippen LogP contribution in [0.25, 0.3) is 0 Å². The molecule has 0 atom stereocenters. The fourth-order valence-corrected chi connectivity index (χ4v) is 2.78. The number of rotatable bonds is 7. The van der Waals surface area contributed by atoms with Crippen molar-refractivity contribution in [3.05, 3.63) is 64.6 Å². The first-order valence-corrected chi connectivity index (χ1v) is 8.70. The smallest absolute Gasteiger partial charge is 0.240 e. The zero-order chi connectivity index (χ0) is 17.4. The number of amides is 2. The quantitative estimate of drug-likeness (QED) is 0.737. The van der Waals surface area contributed by atoms with Gasteiger partial charge in [0.05, 0.1) is 0 Å². The van der Waals surface area contributed by atoms with Gasteiger partial charge in [-0.25, -0.2) is 0 Å². The van der Waals surface area contributed by atoms with E-state index < -0.39 is 0 Å².